The Bertz CT molecular complexity index is 919. The Morgan fingerprint density at radius 2 is 1.85 bits per heavy atom. The highest BCUT2D eigenvalue weighted by Gasteiger charge is 2.20. The van der Waals surface area contributed by atoms with Gasteiger partial charge in [0.2, 0.25) is 0 Å². The van der Waals surface area contributed by atoms with E-state index in [1.165, 1.54) is 24.2 Å². The topological polar surface area (TPSA) is 71.0 Å². The van der Waals surface area contributed by atoms with Gasteiger partial charge in [-0.25, -0.2) is 15.0 Å². The van der Waals surface area contributed by atoms with Gasteiger partial charge in [-0.05, 0) is 38.0 Å². The third-order valence-corrected chi connectivity index (χ3v) is 5.51. The van der Waals surface area contributed by atoms with Crippen LogP contribution in [0.15, 0.2) is 42.7 Å². The Balaban J connectivity index is 1.59. The maximum absolute atomic E-state index is 12.8. The van der Waals surface area contributed by atoms with Crippen molar-refractivity contribution in [1.82, 2.24) is 15.0 Å². The van der Waals surface area contributed by atoms with Crippen molar-refractivity contribution < 1.29 is 4.79 Å². The number of benzene rings is 1. The SMILES string of the molecule is Cc1nc(-c2ncccn2)sc1C(=O)Nc1ccccc1N1CCCC1. The highest BCUT2D eigenvalue weighted by Crippen LogP contribution is 2.31. The van der Waals surface area contributed by atoms with Gasteiger partial charge in [0.25, 0.3) is 5.91 Å². The van der Waals surface area contributed by atoms with Gasteiger partial charge in [0.1, 0.15) is 4.88 Å². The van der Waals surface area contributed by atoms with Crippen LogP contribution in [0.4, 0.5) is 11.4 Å². The van der Waals surface area contributed by atoms with Crippen molar-refractivity contribution in [3.63, 3.8) is 0 Å². The summed E-state index contributed by atoms with van der Waals surface area (Å²) < 4.78 is 0. The number of anilines is 2. The number of hydrogen-bond donors (Lipinski definition) is 1. The van der Waals surface area contributed by atoms with Gasteiger partial charge in [0.05, 0.1) is 17.1 Å². The molecule has 0 unspecified atom stereocenters. The van der Waals surface area contributed by atoms with Gasteiger partial charge in [-0.15, -0.1) is 11.3 Å². The Kier molecular flexibility index (Phi) is 4.62. The summed E-state index contributed by atoms with van der Waals surface area (Å²) in [5, 5.41) is 3.71. The average molecular weight is 365 g/mol. The Morgan fingerprint density at radius 1 is 1.12 bits per heavy atom. The normalized spacial score (nSPS) is 13.8. The molecule has 0 spiro atoms. The van der Waals surface area contributed by atoms with Crippen molar-refractivity contribution in [2.45, 2.75) is 19.8 Å². The van der Waals surface area contributed by atoms with Crippen LogP contribution in [0.2, 0.25) is 0 Å². The predicted molar refractivity (Wildman–Crippen MR) is 104 cm³/mol. The third kappa shape index (κ3) is 3.30. The van der Waals surface area contributed by atoms with Crippen molar-refractivity contribution in [1.29, 1.82) is 0 Å². The molecule has 1 saturated heterocycles. The number of nitrogens with one attached hydrogen (secondary N) is 1. The molecule has 0 bridgehead atoms. The highest BCUT2D eigenvalue weighted by molar-refractivity contribution is 7.17. The van der Waals surface area contributed by atoms with Crippen molar-refractivity contribution >= 4 is 28.6 Å². The number of aryl methyl sites for hydroxylation is 1. The maximum atomic E-state index is 12.8. The second kappa shape index (κ2) is 7.21. The number of rotatable bonds is 4. The van der Waals surface area contributed by atoms with E-state index in [1.54, 1.807) is 18.5 Å². The van der Waals surface area contributed by atoms with E-state index in [2.05, 4.69) is 31.2 Å². The fourth-order valence-electron chi connectivity index (χ4n) is 3.10. The largest absolute Gasteiger partial charge is 0.370 e. The monoisotopic (exact) mass is 365 g/mol. The second-order valence-electron chi connectivity index (χ2n) is 6.17. The summed E-state index contributed by atoms with van der Waals surface area (Å²) in [5.41, 5.74) is 2.60. The lowest BCUT2D eigenvalue weighted by molar-refractivity contribution is 0.103. The lowest BCUT2D eigenvalue weighted by Crippen LogP contribution is -2.21. The molecule has 1 N–H and O–H groups in total. The fourth-order valence-corrected chi connectivity index (χ4v) is 4.01. The summed E-state index contributed by atoms with van der Waals surface area (Å²) >= 11 is 1.32. The van der Waals surface area contributed by atoms with E-state index in [9.17, 15) is 4.79 Å². The quantitative estimate of drug-likeness (QED) is 0.762. The lowest BCUT2D eigenvalue weighted by Gasteiger charge is -2.21. The van der Waals surface area contributed by atoms with Gasteiger partial charge in [-0.1, -0.05) is 12.1 Å². The van der Waals surface area contributed by atoms with Crippen molar-refractivity contribution in [3.05, 3.63) is 53.3 Å². The molecule has 1 aromatic carbocycles. The molecule has 3 aromatic rings. The van der Waals surface area contributed by atoms with Crippen molar-refractivity contribution in [2.75, 3.05) is 23.3 Å². The van der Waals surface area contributed by atoms with E-state index in [0.717, 1.165) is 24.5 Å². The molecular formula is C19H19N5OS. The minimum atomic E-state index is -0.145. The number of aromatic nitrogens is 3. The summed E-state index contributed by atoms with van der Waals surface area (Å²) in [4.78, 5) is 28.6. The van der Waals surface area contributed by atoms with Gasteiger partial charge < -0.3 is 10.2 Å². The molecule has 1 amide bonds. The smallest absolute Gasteiger partial charge is 0.267 e. The minimum Gasteiger partial charge on any atom is -0.370 e. The number of nitrogens with zero attached hydrogens (tertiary/aromatic N) is 4. The standard InChI is InChI=1S/C19H19N5OS/c1-13-16(26-19(22-13)17-20-9-6-10-21-17)18(25)23-14-7-2-3-8-15(14)24-11-4-5-12-24/h2-3,6-10H,4-5,11-12H2,1H3,(H,23,25). The summed E-state index contributed by atoms with van der Waals surface area (Å²) in [6.07, 6.45) is 5.73. The van der Waals surface area contributed by atoms with Crippen molar-refractivity contribution in [3.8, 4) is 10.8 Å². The number of amides is 1. The molecule has 0 radical (unpaired) electrons. The molecule has 1 fully saturated rings. The fraction of sp³-hybridized carbons (Fsp3) is 0.263. The molecule has 2 aromatic heterocycles. The maximum Gasteiger partial charge on any atom is 0.267 e. The zero-order valence-corrected chi connectivity index (χ0v) is 15.3. The van der Waals surface area contributed by atoms with E-state index in [1.807, 2.05) is 25.1 Å². The zero-order chi connectivity index (χ0) is 17.9. The molecule has 6 nitrogen and oxygen atoms in total. The van der Waals surface area contributed by atoms with Crippen LogP contribution in [0.5, 0.6) is 0 Å². The first-order valence-electron chi connectivity index (χ1n) is 8.62. The van der Waals surface area contributed by atoms with Gasteiger partial charge in [-0.2, -0.15) is 0 Å². The molecule has 1 aliphatic heterocycles. The molecule has 3 heterocycles. The first-order chi connectivity index (χ1) is 12.7. The molecule has 0 aliphatic carbocycles. The number of para-hydroxylation sites is 2. The number of carbonyl (C=O) groups is 1. The Hall–Kier alpha value is -2.80. The average Bonchev–Trinajstić information content (AvgIpc) is 3.33. The van der Waals surface area contributed by atoms with Crippen LogP contribution in [0, 0.1) is 6.92 Å². The molecule has 0 saturated carbocycles. The van der Waals surface area contributed by atoms with E-state index >= 15 is 0 Å². The first-order valence-corrected chi connectivity index (χ1v) is 9.44. The highest BCUT2D eigenvalue weighted by atomic mass is 32.1. The Morgan fingerprint density at radius 3 is 2.62 bits per heavy atom. The van der Waals surface area contributed by atoms with Crippen LogP contribution >= 0.6 is 11.3 Å². The van der Waals surface area contributed by atoms with Crippen LogP contribution in [0.25, 0.3) is 10.8 Å². The molecular weight excluding hydrogens is 346 g/mol. The van der Waals surface area contributed by atoms with Crippen LogP contribution in [-0.4, -0.2) is 33.9 Å². The Labute approximate surface area is 155 Å². The predicted octanol–water partition coefficient (Wildman–Crippen LogP) is 3.76. The van der Waals surface area contributed by atoms with E-state index in [4.69, 9.17) is 0 Å². The van der Waals surface area contributed by atoms with Gasteiger partial charge >= 0.3 is 0 Å². The van der Waals surface area contributed by atoms with Gasteiger partial charge in [0.15, 0.2) is 10.8 Å². The molecule has 1 aliphatic rings. The number of thiazole rings is 1. The van der Waals surface area contributed by atoms with Crippen LogP contribution < -0.4 is 10.2 Å². The summed E-state index contributed by atoms with van der Waals surface area (Å²) in [6, 6.07) is 9.71. The van der Waals surface area contributed by atoms with Gasteiger partial charge in [-0.3, -0.25) is 4.79 Å². The lowest BCUT2D eigenvalue weighted by atomic mass is 10.2. The summed E-state index contributed by atoms with van der Waals surface area (Å²) in [6.45, 7) is 3.90. The van der Waals surface area contributed by atoms with Crippen LogP contribution in [0.3, 0.4) is 0 Å². The molecule has 7 heteroatoms. The van der Waals surface area contributed by atoms with Crippen LogP contribution in [0.1, 0.15) is 28.2 Å². The van der Waals surface area contributed by atoms with Gasteiger partial charge in [0, 0.05) is 25.5 Å². The van der Waals surface area contributed by atoms with E-state index in [-0.39, 0.29) is 5.91 Å². The third-order valence-electron chi connectivity index (χ3n) is 4.36. The summed E-state index contributed by atoms with van der Waals surface area (Å²) in [5.74, 6) is 0.394. The second-order valence-corrected chi connectivity index (χ2v) is 7.17. The summed E-state index contributed by atoms with van der Waals surface area (Å²) in [7, 11) is 0. The van der Waals surface area contributed by atoms with Crippen molar-refractivity contribution in [2.24, 2.45) is 0 Å². The molecule has 132 valence electrons. The van der Waals surface area contributed by atoms with E-state index < -0.39 is 0 Å². The van der Waals surface area contributed by atoms with E-state index in [0.29, 0.717) is 21.4 Å². The molecule has 4 rings (SSSR count). The minimum absolute atomic E-state index is 0.145. The molecule has 26 heavy (non-hydrogen) atoms. The first kappa shape index (κ1) is 16.7. The molecule has 0 atom stereocenters. The number of carbonyl (C=O) groups excluding carboxylic acids is 1. The number of hydrogen-bond acceptors (Lipinski definition) is 6. The zero-order valence-electron chi connectivity index (χ0n) is 14.5. The van der Waals surface area contributed by atoms with Crippen LogP contribution in [-0.2, 0) is 0 Å².